The molecule has 0 aliphatic carbocycles. The topological polar surface area (TPSA) is 81.1 Å². The molecule has 0 bridgehead atoms. The summed E-state index contributed by atoms with van der Waals surface area (Å²) in [6.07, 6.45) is 0. The fraction of sp³-hybridized carbons (Fsp3) is 0.233. The van der Waals surface area contributed by atoms with Crippen molar-refractivity contribution in [2.75, 3.05) is 17.2 Å². The zero-order valence-corrected chi connectivity index (χ0v) is 23.9. The number of thioether (sulfide) groups is 1. The maximum Gasteiger partial charge on any atom is 0.255 e. The average Bonchev–Trinajstić information content (AvgIpc) is 3.33. The van der Waals surface area contributed by atoms with Gasteiger partial charge in [0, 0.05) is 27.7 Å². The summed E-state index contributed by atoms with van der Waals surface area (Å²) in [6.45, 7) is 8.37. The molecule has 9 heteroatoms. The predicted molar refractivity (Wildman–Crippen MR) is 158 cm³/mol. The molecule has 1 amide bonds. The Morgan fingerprint density at radius 1 is 1.08 bits per heavy atom. The highest BCUT2D eigenvalue weighted by molar-refractivity contribution is 7.98. The number of amides is 1. The van der Waals surface area contributed by atoms with Crippen LogP contribution in [0.2, 0.25) is 5.02 Å². The van der Waals surface area contributed by atoms with Crippen molar-refractivity contribution < 1.29 is 9.53 Å². The fourth-order valence-corrected chi connectivity index (χ4v) is 5.72. The molecular weight excluding hydrogens is 530 g/mol. The van der Waals surface area contributed by atoms with Crippen molar-refractivity contribution in [1.29, 1.82) is 0 Å². The van der Waals surface area contributed by atoms with Crippen LogP contribution in [0.25, 0.3) is 0 Å². The van der Waals surface area contributed by atoms with Crippen LogP contribution in [0.5, 0.6) is 5.75 Å². The first-order chi connectivity index (χ1) is 18.9. The number of para-hydroxylation sites is 1. The number of allylic oxidation sites excluding steroid dienone is 1. The van der Waals surface area contributed by atoms with E-state index in [1.807, 2.05) is 94.4 Å². The van der Waals surface area contributed by atoms with Gasteiger partial charge in [0.05, 0.1) is 12.2 Å². The van der Waals surface area contributed by atoms with Gasteiger partial charge in [-0.05, 0) is 62.6 Å². The molecule has 3 aromatic carbocycles. The molecule has 1 aromatic heterocycles. The zero-order chi connectivity index (χ0) is 27.5. The highest BCUT2D eigenvalue weighted by Gasteiger charge is 2.36. The Hall–Kier alpha value is -3.75. The Bertz CT molecular complexity index is 1560. The molecule has 1 atom stereocenters. The van der Waals surface area contributed by atoms with Crippen LogP contribution in [0, 0.1) is 13.8 Å². The van der Waals surface area contributed by atoms with Crippen LogP contribution in [0.4, 0.5) is 11.6 Å². The summed E-state index contributed by atoms with van der Waals surface area (Å²) < 4.78 is 7.77. The van der Waals surface area contributed by atoms with Crippen molar-refractivity contribution >= 4 is 40.9 Å². The quantitative estimate of drug-likeness (QED) is 0.223. The number of benzene rings is 3. The molecule has 1 aliphatic heterocycles. The normalized spacial score (nSPS) is 14.5. The maximum atomic E-state index is 13.9. The number of rotatable bonds is 8. The molecule has 5 rings (SSSR count). The Labute approximate surface area is 237 Å². The Morgan fingerprint density at radius 2 is 1.85 bits per heavy atom. The molecule has 4 aromatic rings. The number of ether oxygens (including phenoxy) is 1. The molecule has 0 saturated carbocycles. The molecule has 0 radical (unpaired) electrons. The van der Waals surface area contributed by atoms with Crippen LogP contribution >= 0.6 is 23.4 Å². The second-order valence-corrected chi connectivity index (χ2v) is 10.6. The molecule has 0 fully saturated rings. The minimum absolute atomic E-state index is 0.212. The van der Waals surface area contributed by atoms with Crippen molar-refractivity contribution in [3.05, 3.63) is 105 Å². The summed E-state index contributed by atoms with van der Waals surface area (Å²) in [7, 11) is 0. The van der Waals surface area contributed by atoms with Gasteiger partial charge in [-0.2, -0.15) is 4.98 Å². The average molecular weight is 560 g/mol. The number of hydrogen-bond acceptors (Lipinski definition) is 6. The van der Waals surface area contributed by atoms with E-state index in [1.165, 1.54) is 11.8 Å². The number of halogens is 1. The van der Waals surface area contributed by atoms with Gasteiger partial charge in [0.1, 0.15) is 11.8 Å². The summed E-state index contributed by atoms with van der Waals surface area (Å²) in [4.78, 5) is 18.7. The largest absolute Gasteiger partial charge is 0.494 e. The monoisotopic (exact) mass is 559 g/mol. The lowest BCUT2D eigenvalue weighted by molar-refractivity contribution is -0.113. The van der Waals surface area contributed by atoms with Gasteiger partial charge >= 0.3 is 0 Å². The van der Waals surface area contributed by atoms with Crippen LogP contribution in [-0.2, 0) is 10.5 Å². The van der Waals surface area contributed by atoms with Gasteiger partial charge in [0.2, 0.25) is 11.1 Å². The summed E-state index contributed by atoms with van der Waals surface area (Å²) in [5.74, 6) is 1.67. The second kappa shape index (κ2) is 11.6. The first-order valence-corrected chi connectivity index (χ1v) is 14.1. The van der Waals surface area contributed by atoms with Crippen molar-refractivity contribution in [2.45, 2.75) is 44.6 Å². The predicted octanol–water partition coefficient (Wildman–Crippen LogP) is 7.17. The van der Waals surface area contributed by atoms with Gasteiger partial charge in [0.25, 0.3) is 5.91 Å². The Kier molecular flexibility index (Phi) is 7.95. The molecule has 0 spiro atoms. The van der Waals surface area contributed by atoms with E-state index in [1.54, 1.807) is 4.68 Å². The minimum atomic E-state index is -0.545. The maximum absolute atomic E-state index is 13.9. The number of nitrogens with zero attached hydrogens (tertiary/aromatic N) is 3. The number of aryl methyl sites for hydroxylation is 1. The standard InChI is InChI=1S/C30H30ClN5O2S/c1-5-38-25-16-9-7-13-22(25)27-26(28(37)33-24-15-10-11-18(2)19(24)3)20(4)32-29-34-30(35-36(27)29)39-17-21-12-6-8-14-23(21)31/h6-16,27H,5,17H2,1-4H3,(H,33,37)(H,32,34,35). The van der Waals surface area contributed by atoms with Crippen molar-refractivity contribution in [3.63, 3.8) is 0 Å². The van der Waals surface area contributed by atoms with E-state index >= 15 is 0 Å². The number of aromatic nitrogens is 3. The van der Waals surface area contributed by atoms with Gasteiger partial charge < -0.3 is 15.4 Å². The third-order valence-electron chi connectivity index (χ3n) is 6.76. The van der Waals surface area contributed by atoms with Crippen LogP contribution in [0.1, 0.15) is 42.1 Å². The van der Waals surface area contributed by atoms with E-state index in [0.717, 1.165) is 27.9 Å². The first-order valence-electron chi connectivity index (χ1n) is 12.8. The van der Waals surface area contributed by atoms with E-state index in [2.05, 4.69) is 10.6 Å². The number of hydrogen-bond donors (Lipinski definition) is 2. The first kappa shape index (κ1) is 26.8. The van der Waals surface area contributed by atoms with Gasteiger partial charge in [-0.15, -0.1) is 5.10 Å². The molecule has 7 nitrogen and oxygen atoms in total. The number of fused-ring (bicyclic) bond motifs is 1. The molecule has 200 valence electrons. The second-order valence-electron chi connectivity index (χ2n) is 9.28. The highest BCUT2D eigenvalue weighted by atomic mass is 35.5. The van der Waals surface area contributed by atoms with E-state index in [0.29, 0.717) is 45.5 Å². The third-order valence-corrected chi connectivity index (χ3v) is 8.01. The van der Waals surface area contributed by atoms with Gasteiger partial charge in [0.15, 0.2) is 0 Å². The number of carbonyl (C=O) groups excluding carboxylic acids is 1. The lowest BCUT2D eigenvalue weighted by Gasteiger charge is -2.29. The van der Waals surface area contributed by atoms with Crippen molar-refractivity contribution in [1.82, 2.24) is 14.8 Å². The molecule has 2 heterocycles. The minimum Gasteiger partial charge on any atom is -0.494 e. The Morgan fingerprint density at radius 3 is 2.64 bits per heavy atom. The van der Waals surface area contributed by atoms with E-state index in [4.69, 9.17) is 26.4 Å². The van der Waals surface area contributed by atoms with Crippen LogP contribution in [-0.4, -0.2) is 27.3 Å². The van der Waals surface area contributed by atoms with Gasteiger partial charge in [-0.3, -0.25) is 4.79 Å². The highest BCUT2D eigenvalue weighted by Crippen LogP contribution is 2.40. The van der Waals surface area contributed by atoms with E-state index in [-0.39, 0.29) is 5.91 Å². The molecule has 0 saturated heterocycles. The van der Waals surface area contributed by atoms with Crippen LogP contribution in [0.15, 0.2) is 83.2 Å². The number of carbonyl (C=O) groups is 1. The summed E-state index contributed by atoms with van der Waals surface area (Å²) >= 11 is 7.86. The number of anilines is 2. The SMILES string of the molecule is CCOc1ccccc1C1C(C(=O)Nc2cccc(C)c2C)=C(C)Nc2nc(SCc3ccccc3Cl)nn21. The van der Waals surface area contributed by atoms with Crippen LogP contribution in [0.3, 0.4) is 0 Å². The van der Waals surface area contributed by atoms with Gasteiger partial charge in [-0.25, -0.2) is 4.68 Å². The zero-order valence-electron chi connectivity index (χ0n) is 22.3. The summed E-state index contributed by atoms with van der Waals surface area (Å²) in [5, 5.41) is 12.6. The third kappa shape index (κ3) is 5.53. The van der Waals surface area contributed by atoms with Gasteiger partial charge in [-0.1, -0.05) is 71.9 Å². The fourth-order valence-electron chi connectivity index (χ4n) is 4.60. The number of nitrogens with one attached hydrogen (secondary N) is 2. The van der Waals surface area contributed by atoms with Crippen molar-refractivity contribution in [3.8, 4) is 5.75 Å². The molecule has 39 heavy (non-hydrogen) atoms. The lowest BCUT2D eigenvalue weighted by Crippen LogP contribution is -2.32. The van der Waals surface area contributed by atoms with E-state index in [9.17, 15) is 4.79 Å². The molecule has 1 unspecified atom stereocenters. The van der Waals surface area contributed by atoms with E-state index < -0.39 is 6.04 Å². The molecular formula is C30H30ClN5O2S. The van der Waals surface area contributed by atoms with Crippen molar-refractivity contribution in [2.24, 2.45) is 0 Å². The Balaban J connectivity index is 1.54. The summed E-state index contributed by atoms with van der Waals surface area (Å²) in [5.41, 5.74) is 6.00. The smallest absolute Gasteiger partial charge is 0.255 e. The molecule has 1 aliphatic rings. The van der Waals surface area contributed by atoms with Crippen LogP contribution < -0.4 is 15.4 Å². The molecule has 2 N–H and O–H groups in total. The summed E-state index contributed by atoms with van der Waals surface area (Å²) in [6, 6.07) is 20.8. The lowest BCUT2D eigenvalue weighted by atomic mass is 9.94.